The summed E-state index contributed by atoms with van der Waals surface area (Å²) < 4.78 is 6.46. The number of rotatable bonds is 2. The predicted molar refractivity (Wildman–Crippen MR) is 155 cm³/mol. The summed E-state index contributed by atoms with van der Waals surface area (Å²) in [5, 5.41) is 7.41. The van der Waals surface area contributed by atoms with Crippen LogP contribution in [0.1, 0.15) is 0 Å². The van der Waals surface area contributed by atoms with E-state index in [1.807, 2.05) is 6.07 Å². The maximum Gasteiger partial charge on any atom is 0.136 e. The van der Waals surface area contributed by atoms with E-state index in [0.29, 0.717) is 0 Å². The number of hydrogen-bond donors (Lipinski definition) is 0. The molecule has 1 aliphatic heterocycles. The topological polar surface area (TPSA) is 9.23 Å². The molecule has 1 heteroatoms. The van der Waals surface area contributed by atoms with Gasteiger partial charge in [0.15, 0.2) is 0 Å². The minimum atomic E-state index is 0.913. The molecule has 8 rings (SSSR count). The predicted octanol–water partition coefficient (Wildman–Crippen LogP) is 10.3. The fraction of sp³-hybridized carbons (Fsp3) is 0. The fourth-order valence-electron chi connectivity index (χ4n) is 5.99. The highest BCUT2D eigenvalue weighted by Gasteiger charge is 2.21. The van der Waals surface area contributed by atoms with Crippen molar-refractivity contribution in [2.45, 2.75) is 0 Å². The molecule has 0 aromatic heterocycles. The largest absolute Gasteiger partial charge is 0.456 e. The van der Waals surface area contributed by atoms with Crippen LogP contribution in [0.3, 0.4) is 0 Å². The van der Waals surface area contributed by atoms with E-state index < -0.39 is 0 Å². The van der Waals surface area contributed by atoms with Crippen LogP contribution in [0, 0.1) is 0 Å². The molecule has 37 heavy (non-hydrogen) atoms. The number of fused-ring (bicyclic) bond motifs is 4. The van der Waals surface area contributed by atoms with Gasteiger partial charge in [-0.2, -0.15) is 0 Å². The van der Waals surface area contributed by atoms with Crippen molar-refractivity contribution in [1.82, 2.24) is 0 Å². The molecule has 0 bridgehead atoms. The van der Waals surface area contributed by atoms with Gasteiger partial charge in [-0.15, -0.1) is 0 Å². The lowest BCUT2D eigenvalue weighted by Gasteiger charge is -2.22. The van der Waals surface area contributed by atoms with E-state index in [0.717, 1.165) is 17.1 Å². The minimum Gasteiger partial charge on any atom is -0.456 e. The van der Waals surface area contributed by atoms with Gasteiger partial charge in [-0.25, -0.2) is 0 Å². The van der Waals surface area contributed by atoms with Gasteiger partial charge in [0.1, 0.15) is 11.5 Å². The Hall–Kier alpha value is -4.88. The molecule has 0 radical (unpaired) electrons. The van der Waals surface area contributed by atoms with Crippen molar-refractivity contribution in [2.75, 3.05) is 0 Å². The first-order valence-corrected chi connectivity index (χ1v) is 12.7. The van der Waals surface area contributed by atoms with Crippen molar-refractivity contribution in [3.05, 3.63) is 133 Å². The van der Waals surface area contributed by atoms with Crippen LogP contribution >= 0.6 is 0 Å². The second-order valence-electron chi connectivity index (χ2n) is 9.71. The molecule has 0 aliphatic carbocycles. The average Bonchev–Trinajstić information content (AvgIpc) is 2.96. The van der Waals surface area contributed by atoms with E-state index in [1.54, 1.807) is 0 Å². The zero-order valence-electron chi connectivity index (χ0n) is 20.1. The Labute approximate surface area is 215 Å². The van der Waals surface area contributed by atoms with Gasteiger partial charge in [0, 0.05) is 10.9 Å². The highest BCUT2D eigenvalue weighted by Crippen LogP contribution is 2.48. The molecule has 0 unspecified atom stereocenters. The van der Waals surface area contributed by atoms with Gasteiger partial charge in [-0.3, -0.25) is 0 Å². The van der Waals surface area contributed by atoms with Crippen LogP contribution in [0.25, 0.3) is 65.7 Å². The summed E-state index contributed by atoms with van der Waals surface area (Å²) in [5.74, 6) is 1.83. The van der Waals surface area contributed by atoms with Gasteiger partial charge in [0.2, 0.25) is 0 Å². The molecular weight excluding hydrogens is 448 g/mol. The highest BCUT2D eigenvalue weighted by atomic mass is 16.5. The Morgan fingerprint density at radius 3 is 1.84 bits per heavy atom. The lowest BCUT2D eigenvalue weighted by molar-refractivity contribution is 0.487. The Bertz CT molecular complexity index is 2010. The van der Waals surface area contributed by atoms with E-state index >= 15 is 0 Å². The molecule has 7 aromatic rings. The molecule has 1 aliphatic rings. The summed E-state index contributed by atoms with van der Waals surface area (Å²) >= 11 is 0. The van der Waals surface area contributed by atoms with Gasteiger partial charge in [0.05, 0.1) is 0 Å². The highest BCUT2D eigenvalue weighted by molar-refractivity contribution is 6.11. The summed E-state index contributed by atoms with van der Waals surface area (Å²) in [5.41, 5.74) is 7.28. The van der Waals surface area contributed by atoms with Crippen molar-refractivity contribution in [3.63, 3.8) is 0 Å². The summed E-state index contributed by atoms with van der Waals surface area (Å²) in [6.45, 7) is 0. The van der Waals surface area contributed by atoms with E-state index in [2.05, 4.69) is 127 Å². The molecule has 172 valence electrons. The fourth-order valence-corrected chi connectivity index (χ4v) is 5.99. The molecule has 0 saturated carbocycles. The summed E-state index contributed by atoms with van der Waals surface area (Å²) in [4.78, 5) is 0. The molecule has 0 atom stereocenters. The number of ether oxygens (including phenoxy) is 1. The lowest BCUT2D eigenvalue weighted by atomic mass is 9.88. The SMILES string of the molecule is c1ccc2c(c1)Oc1cc(-c3ccc(-c4cccc5ccccc45)c4ccccc34)cc3cccc-2c13. The van der Waals surface area contributed by atoms with Crippen molar-refractivity contribution >= 4 is 32.3 Å². The number of benzene rings is 7. The van der Waals surface area contributed by atoms with E-state index in [4.69, 9.17) is 4.74 Å². The molecule has 0 saturated heterocycles. The molecule has 0 spiro atoms. The third-order valence-corrected chi connectivity index (χ3v) is 7.65. The Morgan fingerprint density at radius 2 is 0.946 bits per heavy atom. The summed E-state index contributed by atoms with van der Waals surface area (Å²) in [6, 6.07) is 47.8. The second-order valence-corrected chi connectivity index (χ2v) is 9.71. The summed E-state index contributed by atoms with van der Waals surface area (Å²) in [6.07, 6.45) is 0. The molecule has 0 fully saturated rings. The average molecular weight is 471 g/mol. The zero-order valence-corrected chi connectivity index (χ0v) is 20.1. The molecule has 1 nitrogen and oxygen atoms in total. The Balaban J connectivity index is 1.37. The first-order valence-electron chi connectivity index (χ1n) is 12.7. The first-order chi connectivity index (χ1) is 18.3. The molecule has 0 N–H and O–H groups in total. The van der Waals surface area contributed by atoms with Gasteiger partial charge in [-0.05, 0) is 72.9 Å². The Morgan fingerprint density at radius 1 is 0.351 bits per heavy atom. The van der Waals surface area contributed by atoms with E-state index in [-0.39, 0.29) is 0 Å². The van der Waals surface area contributed by atoms with Crippen LogP contribution in [-0.4, -0.2) is 0 Å². The standard InChI is InChI=1S/C36H22O/c1-2-12-26-23(9-1)10-7-16-29(26)31-20-19-27(28-13-3-4-14-30(28)31)25-21-24-11-8-17-33-32-15-5-6-18-34(32)37-35(22-25)36(24)33/h1-22H. The third kappa shape index (κ3) is 3.04. The van der Waals surface area contributed by atoms with Gasteiger partial charge in [-0.1, -0.05) is 115 Å². The van der Waals surface area contributed by atoms with Crippen LogP contribution in [-0.2, 0) is 0 Å². The monoisotopic (exact) mass is 470 g/mol. The normalized spacial score (nSPS) is 12.0. The van der Waals surface area contributed by atoms with Crippen molar-refractivity contribution in [3.8, 4) is 44.9 Å². The van der Waals surface area contributed by atoms with Gasteiger partial charge < -0.3 is 4.74 Å². The van der Waals surface area contributed by atoms with Crippen molar-refractivity contribution in [1.29, 1.82) is 0 Å². The Kier molecular flexibility index (Phi) is 4.29. The second kappa shape index (κ2) is 7.81. The molecule has 7 aromatic carbocycles. The summed E-state index contributed by atoms with van der Waals surface area (Å²) in [7, 11) is 0. The minimum absolute atomic E-state index is 0.913. The maximum absolute atomic E-state index is 6.46. The lowest BCUT2D eigenvalue weighted by Crippen LogP contribution is -1.97. The van der Waals surface area contributed by atoms with Crippen LogP contribution in [0.4, 0.5) is 0 Å². The molecular formula is C36H22O. The molecule has 1 heterocycles. The van der Waals surface area contributed by atoms with Crippen molar-refractivity contribution < 1.29 is 4.74 Å². The van der Waals surface area contributed by atoms with E-state index in [9.17, 15) is 0 Å². The van der Waals surface area contributed by atoms with E-state index in [1.165, 1.54) is 60.1 Å². The van der Waals surface area contributed by atoms with Gasteiger partial charge in [0.25, 0.3) is 0 Å². The van der Waals surface area contributed by atoms with Crippen molar-refractivity contribution in [2.24, 2.45) is 0 Å². The third-order valence-electron chi connectivity index (χ3n) is 7.65. The van der Waals surface area contributed by atoms with Crippen LogP contribution in [0.5, 0.6) is 11.5 Å². The smallest absolute Gasteiger partial charge is 0.136 e. The van der Waals surface area contributed by atoms with Crippen LogP contribution in [0.2, 0.25) is 0 Å². The molecule has 0 amide bonds. The zero-order chi connectivity index (χ0) is 24.3. The quantitative estimate of drug-likeness (QED) is 0.244. The maximum atomic E-state index is 6.46. The van der Waals surface area contributed by atoms with Crippen LogP contribution < -0.4 is 4.74 Å². The van der Waals surface area contributed by atoms with Gasteiger partial charge >= 0.3 is 0 Å². The van der Waals surface area contributed by atoms with Crippen LogP contribution in [0.15, 0.2) is 133 Å². The first kappa shape index (κ1) is 20.3. The number of hydrogen-bond acceptors (Lipinski definition) is 1. The number of para-hydroxylation sites is 1.